The maximum Gasteiger partial charge on any atom is 0.230 e. The fourth-order valence-corrected chi connectivity index (χ4v) is 2.74. The SMILES string of the molecule is Cc1cc(NCCC2=CCCCC2)nc(Nc2cc(C)on2)n1. The Morgan fingerprint density at radius 1 is 1.13 bits per heavy atom. The van der Waals surface area contributed by atoms with Gasteiger partial charge < -0.3 is 15.2 Å². The molecular formula is C17H23N5O. The second-order valence-electron chi connectivity index (χ2n) is 5.95. The second kappa shape index (κ2) is 7.26. The van der Waals surface area contributed by atoms with Gasteiger partial charge in [0.25, 0.3) is 0 Å². The second-order valence-corrected chi connectivity index (χ2v) is 5.95. The summed E-state index contributed by atoms with van der Waals surface area (Å²) in [6.45, 7) is 4.70. The first-order valence-electron chi connectivity index (χ1n) is 8.17. The summed E-state index contributed by atoms with van der Waals surface area (Å²) in [6, 6.07) is 3.77. The minimum atomic E-state index is 0.526. The van der Waals surface area contributed by atoms with Gasteiger partial charge in [-0.25, -0.2) is 4.98 Å². The summed E-state index contributed by atoms with van der Waals surface area (Å²) in [6.07, 6.45) is 8.59. The van der Waals surface area contributed by atoms with Gasteiger partial charge in [0, 0.05) is 24.4 Å². The number of hydrogen-bond acceptors (Lipinski definition) is 6. The molecule has 1 aliphatic rings. The van der Waals surface area contributed by atoms with Crippen LogP contribution in [0.1, 0.15) is 43.6 Å². The van der Waals surface area contributed by atoms with E-state index >= 15 is 0 Å². The number of nitrogens with one attached hydrogen (secondary N) is 2. The van der Waals surface area contributed by atoms with Crippen LogP contribution in [0.5, 0.6) is 0 Å². The summed E-state index contributed by atoms with van der Waals surface area (Å²) in [5.74, 6) is 2.72. The molecule has 0 aliphatic heterocycles. The highest BCUT2D eigenvalue weighted by atomic mass is 16.5. The molecule has 0 amide bonds. The zero-order valence-corrected chi connectivity index (χ0v) is 13.7. The highest BCUT2D eigenvalue weighted by Crippen LogP contribution is 2.20. The highest BCUT2D eigenvalue weighted by molar-refractivity contribution is 5.51. The third-order valence-corrected chi connectivity index (χ3v) is 3.86. The molecule has 2 aromatic heterocycles. The maximum atomic E-state index is 5.04. The summed E-state index contributed by atoms with van der Waals surface area (Å²) >= 11 is 0. The Kier molecular flexibility index (Phi) is 4.90. The largest absolute Gasteiger partial charge is 0.370 e. The van der Waals surface area contributed by atoms with Crippen molar-refractivity contribution in [1.82, 2.24) is 15.1 Å². The Morgan fingerprint density at radius 2 is 2.04 bits per heavy atom. The quantitative estimate of drug-likeness (QED) is 0.781. The lowest BCUT2D eigenvalue weighted by molar-refractivity contribution is 0.400. The lowest BCUT2D eigenvalue weighted by atomic mass is 9.97. The molecule has 1 aliphatic carbocycles. The summed E-state index contributed by atoms with van der Waals surface area (Å²) in [5.41, 5.74) is 2.47. The van der Waals surface area contributed by atoms with Crippen molar-refractivity contribution >= 4 is 17.6 Å². The Hall–Kier alpha value is -2.37. The average Bonchev–Trinajstić information content (AvgIpc) is 2.93. The van der Waals surface area contributed by atoms with Crippen molar-refractivity contribution in [3.05, 3.63) is 35.2 Å². The van der Waals surface area contributed by atoms with Gasteiger partial charge in [0.05, 0.1) is 0 Å². The van der Waals surface area contributed by atoms with Crippen molar-refractivity contribution in [2.75, 3.05) is 17.2 Å². The lowest BCUT2D eigenvalue weighted by Gasteiger charge is -2.13. The van der Waals surface area contributed by atoms with Gasteiger partial charge in [0.1, 0.15) is 11.6 Å². The Bertz CT molecular complexity index is 692. The van der Waals surface area contributed by atoms with E-state index in [-0.39, 0.29) is 0 Å². The molecule has 0 unspecified atom stereocenters. The van der Waals surface area contributed by atoms with E-state index in [9.17, 15) is 0 Å². The van der Waals surface area contributed by atoms with Gasteiger partial charge in [-0.3, -0.25) is 0 Å². The van der Waals surface area contributed by atoms with Gasteiger partial charge in [-0.05, 0) is 46.0 Å². The third-order valence-electron chi connectivity index (χ3n) is 3.86. The summed E-state index contributed by atoms with van der Waals surface area (Å²) in [7, 11) is 0. The molecule has 2 aromatic rings. The van der Waals surface area contributed by atoms with E-state index in [0.29, 0.717) is 11.8 Å². The first-order chi connectivity index (χ1) is 11.2. The smallest absolute Gasteiger partial charge is 0.230 e. The molecule has 0 fully saturated rings. The molecule has 0 atom stereocenters. The van der Waals surface area contributed by atoms with Crippen molar-refractivity contribution in [3.63, 3.8) is 0 Å². The van der Waals surface area contributed by atoms with Gasteiger partial charge in [-0.1, -0.05) is 16.8 Å². The standard InChI is InChI=1S/C17H23N5O/c1-12-10-15(18-9-8-14-6-4-3-5-7-14)20-17(19-12)21-16-11-13(2)23-22-16/h6,10-11H,3-5,7-9H2,1-2H3,(H2,18,19,20,21,22). The van der Waals surface area contributed by atoms with E-state index in [1.54, 1.807) is 5.57 Å². The summed E-state index contributed by atoms with van der Waals surface area (Å²) in [5, 5.41) is 10.4. The minimum Gasteiger partial charge on any atom is -0.370 e. The third kappa shape index (κ3) is 4.55. The van der Waals surface area contributed by atoms with Crippen molar-refractivity contribution in [2.45, 2.75) is 46.0 Å². The topological polar surface area (TPSA) is 75.9 Å². The zero-order chi connectivity index (χ0) is 16.1. The van der Waals surface area contributed by atoms with Crippen LogP contribution in [0.25, 0.3) is 0 Å². The van der Waals surface area contributed by atoms with Gasteiger partial charge >= 0.3 is 0 Å². The fourth-order valence-electron chi connectivity index (χ4n) is 2.74. The Morgan fingerprint density at radius 3 is 2.78 bits per heavy atom. The number of aromatic nitrogens is 3. The number of rotatable bonds is 6. The van der Waals surface area contributed by atoms with E-state index < -0.39 is 0 Å². The molecule has 2 N–H and O–H groups in total. The van der Waals surface area contributed by atoms with E-state index in [1.165, 1.54) is 25.7 Å². The first kappa shape index (κ1) is 15.5. The van der Waals surface area contributed by atoms with E-state index in [0.717, 1.165) is 30.2 Å². The Labute approximate surface area is 136 Å². The molecular weight excluding hydrogens is 290 g/mol. The van der Waals surface area contributed by atoms with Crippen LogP contribution in [-0.2, 0) is 0 Å². The molecule has 0 saturated carbocycles. The molecule has 23 heavy (non-hydrogen) atoms. The monoisotopic (exact) mass is 313 g/mol. The molecule has 0 spiro atoms. The van der Waals surface area contributed by atoms with Gasteiger partial charge in [-0.15, -0.1) is 0 Å². The first-order valence-corrected chi connectivity index (χ1v) is 8.17. The van der Waals surface area contributed by atoms with E-state index in [2.05, 4.69) is 31.8 Å². The average molecular weight is 313 g/mol. The molecule has 0 radical (unpaired) electrons. The predicted molar refractivity (Wildman–Crippen MR) is 90.9 cm³/mol. The van der Waals surface area contributed by atoms with Crippen LogP contribution in [-0.4, -0.2) is 21.7 Å². The van der Waals surface area contributed by atoms with Crippen LogP contribution < -0.4 is 10.6 Å². The van der Waals surface area contributed by atoms with Crippen LogP contribution >= 0.6 is 0 Å². The number of nitrogens with zero attached hydrogens (tertiary/aromatic N) is 3. The number of aryl methyl sites for hydroxylation is 2. The van der Waals surface area contributed by atoms with E-state index in [1.807, 2.05) is 26.0 Å². The molecule has 6 nitrogen and oxygen atoms in total. The van der Waals surface area contributed by atoms with Gasteiger partial charge in [-0.2, -0.15) is 4.98 Å². The van der Waals surface area contributed by atoms with Gasteiger partial charge in [0.15, 0.2) is 5.82 Å². The lowest BCUT2D eigenvalue weighted by Crippen LogP contribution is -2.08. The van der Waals surface area contributed by atoms with Crippen LogP contribution in [0.2, 0.25) is 0 Å². The molecule has 6 heteroatoms. The van der Waals surface area contributed by atoms with Gasteiger partial charge in [0.2, 0.25) is 5.95 Å². The van der Waals surface area contributed by atoms with Crippen LogP contribution in [0, 0.1) is 13.8 Å². The highest BCUT2D eigenvalue weighted by Gasteiger charge is 2.07. The molecule has 0 bridgehead atoms. The fraction of sp³-hybridized carbons (Fsp3) is 0.471. The van der Waals surface area contributed by atoms with E-state index in [4.69, 9.17) is 4.52 Å². The number of hydrogen-bond donors (Lipinski definition) is 2. The zero-order valence-electron chi connectivity index (χ0n) is 13.7. The number of allylic oxidation sites excluding steroid dienone is 1. The molecule has 0 saturated heterocycles. The van der Waals surface area contributed by atoms with Crippen molar-refractivity contribution < 1.29 is 4.52 Å². The van der Waals surface area contributed by atoms with Crippen molar-refractivity contribution in [3.8, 4) is 0 Å². The minimum absolute atomic E-state index is 0.526. The van der Waals surface area contributed by atoms with Crippen molar-refractivity contribution in [2.24, 2.45) is 0 Å². The predicted octanol–water partition coefficient (Wildman–Crippen LogP) is 4.13. The van der Waals surface area contributed by atoms with Crippen LogP contribution in [0.15, 0.2) is 28.3 Å². The summed E-state index contributed by atoms with van der Waals surface area (Å²) in [4.78, 5) is 8.87. The Balaban J connectivity index is 1.59. The molecule has 0 aromatic carbocycles. The molecule has 2 heterocycles. The summed E-state index contributed by atoms with van der Waals surface area (Å²) < 4.78 is 5.04. The van der Waals surface area contributed by atoms with Crippen LogP contribution in [0.3, 0.4) is 0 Å². The molecule has 122 valence electrons. The number of anilines is 3. The molecule has 3 rings (SSSR count). The van der Waals surface area contributed by atoms with Crippen molar-refractivity contribution in [1.29, 1.82) is 0 Å². The van der Waals surface area contributed by atoms with Crippen LogP contribution in [0.4, 0.5) is 17.6 Å². The maximum absolute atomic E-state index is 5.04. The normalized spacial score (nSPS) is 14.4.